The minimum atomic E-state index is -0.219. The number of hydrogen-bond donors (Lipinski definition) is 1. The summed E-state index contributed by atoms with van der Waals surface area (Å²) < 4.78 is 12.8. The number of nitrogens with two attached hydrogens (primary N) is 1. The summed E-state index contributed by atoms with van der Waals surface area (Å²) in [7, 11) is 0. The van der Waals surface area contributed by atoms with E-state index in [1.807, 2.05) is 0 Å². The minimum Gasteiger partial charge on any atom is -0.335 e. The van der Waals surface area contributed by atoms with E-state index in [1.54, 1.807) is 6.92 Å². The summed E-state index contributed by atoms with van der Waals surface area (Å²) in [5, 5.41) is 0. The number of rotatable bonds is 2. The molecule has 1 amide bonds. The molecule has 1 unspecified atom stereocenters. The molecule has 0 spiro atoms. The highest BCUT2D eigenvalue weighted by atomic mass is 19.1. The van der Waals surface area contributed by atoms with Crippen LogP contribution in [0.2, 0.25) is 0 Å². The van der Waals surface area contributed by atoms with Gasteiger partial charge in [-0.1, -0.05) is 6.92 Å². The number of halogens is 1. The Morgan fingerprint density at radius 2 is 2.54 bits per heavy atom. The maximum Gasteiger partial charge on any atom is 0.227 e. The maximum atomic E-state index is 12.8. The normalized spacial score (nSPS) is 19.6. The summed E-state index contributed by atoms with van der Waals surface area (Å²) in [5.41, 5.74) is 5.36. The molecule has 3 nitrogen and oxygen atoms in total. The van der Waals surface area contributed by atoms with E-state index in [1.165, 1.54) is 11.0 Å². The summed E-state index contributed by atoms with van der Waals surface area (Å²) in [5.74, 6) is -0.472. The van der Waals surface area contributed by atoms with Crippen LogP contribution >= 0.6 is 0 Å². The average molecular weight is 186 g/mol. The second-order valence-corrected chi connectivity index (χ2v) is 3.34. The van der Waals surface area contributed by atoms with Gasteiger partial charge in [0.25, 0.3) is 0 Å². The molecule has 13 heavy (non-hydrogen) atoms. The summed E-state index contributed by atoms with van der Waals surface area (Å²) >= 11 is 0. The zero-order chi connectivity index (χ0) is 9.84. The van der Waals surface area contributed by atoms with Crippen molar-refractivity contribution in [3.63, 3.8) is 0 Å². The van der Waals surface area contributed by atoms with Crippen molar-refractivity contribution >= 4 is 5.91 Å². The zero-order valence-corrected chi connectivity index (χ0v) is 7.79. The first-order valence-electron chi connectivity index (χ1n) is 4.48. The van der Waals surface area contributed by atoms with Crippen LogP contribution in [-0.2, 0) is 4.79 Å². The number of hydrogen-bond acceptors (Lipinski definition) is 2. The van der Waals surface area contributed by atoms with Crippen LogP contribution < -0.4 is 5.73 Å². The molecule has 0 saturated carbocycles. The fourth-order valence-electron chi connectivity index (χ4n) is 1.30. The smallest absolute Gasteiger partial charge is 0.227 e. The summed E-state index contributed by atoms with van der Waals surface area (Å²) in [4.78, 5) is 13.0. The fraction of sp³-hybridized carbons (Fsp3) is 0.667. The molecule has 2 N–H and O–H groups in total. The van der Waals surface area contributed by atoms with E-state index in [0.29, 0.717) is 19.5 Å². The van der Waals surface area contributed by atoms with E-state index in [9.17, 15) is 9.18 Å². The minimum absolute atomic E-state index is 0.0502. The monoisotopic (exact) mass is 186 g/mol. The van der Waals surface area contributed by atoms with Crippen LogP contribution in [0.15, 0.2) is 11.9 Å². The lowest BCUT2D eigenvalue weighted by atomic mass is 10.1. The first kappa shape index (κ1) is 10.2. The third-order valence-electron chi connectivity index (χ3n) is 2.19. The van der Waals surface area contributed by atoms with Gasteiger partial charge in [-0.2, -0.15) is 0 Å². The molecule has 1 rings (SSSR count). The molecule has 1 aliphatic rings. The standard InChI is InChI=1S/C9H15FN2O/c1-7(5-11)9(13)12-4-2-3-8(10)6-12/h3,7H,2,4-6,11H2,1H3. The molecule has 0 fully saturated rings. The quantitative estimate of drug-likeness (QED) is 0.689. The van der Waals surface area contributed by atoms with Crippen molar-refractivity contribution in [2.75, 3.05) is 19.6 Å². The molecule has 0 bridgehead atoms. The SMILES string of the molecule is CC(CN)C(=O)N1CCC=C(F)C1. The Morgan fingerprint density at radius 1 is 1.85 bits per heavy atom. The molecule has 0 aromatic heterocycles. The van der Waals surface area contributed by atoms with Crippen LogP contribution in [0.4, 0.5) is 4.39 Å². The average Bonchev–Trinajstić information content (AvgIpc) is 2.15. The van der Waals surface area contributed by atoms with Gasteiger partial charge in [0.1, 0.15) is 5.83 Å². The van der Waals surface area contributed by atoms with Crippen molar-refractivity contribution in [2.24, 2.45) is 11.7 Å². The lowest BCUT2D eigenvalue weighted by molar-refractivity contribution is -0.134. The largest absolute Gasteiger partial charge is 0.335 e. The van der Waals surface area contributed by atoms with Gasteiger partial charge in [-0.05, 0) is 12.5 Å². The van der Waals surface area contributed by atoms with Crippen molar-refractivity contribution in [1.82, 2.24) is 4.90 Å². The Morgan fingerprint density at radius 3 is 3.08 bits per heavy atom. The van der Waals surface area contributed by atoms with Crippen LogP contribution in [-0.4, -0.2) is 30.4 Å². The molecule has 0 aromatic rings. The van der Waals surface area contributed by atoms with Crippen molar-refractivity contribution in [2.45, 2.75) is 13.3 Å². The van der Waals surface area contributed by atoms with Gasteiger partial charge < -0.3 is 10.6 Å². The summed E-state index contributed by atoms with van der Waals surface area (Å²) in [6.07, 6.45) is 2.13. The molecule has 0 aromatic carbocycles. The first-order valence-corrected chi connectivity index (χ1v) is 4.48. The Hall–Kier alpha value is -0.900. The molecular formula is C9H15FN2O. The van der Waals surface area contributed by atoms with E-state index >= 15 is 0 Å². The van der Waals surface area contributed by atoms with Gasteiger partial charge in [0.05, 0.1) is 6.54 Å². The third kappa shape index (κ3) is 2.52. The number of nitrogens with zero attached hydrogens (tertiary/aromatic N) is 1. The van der Waals surface area contributed by atoms with E-state index in [0.717, 1.165) is 0 Å². The Labute approximate surface area is 77.4 Å². The van der Waals surface area contributed by atoms with E-state index in [4.69, 9.17) is 5.73 Å². The molecular weight excluding hydrogens is 171 g/mol. The molecule has 0 radical (unpaired) electrons. The van der Waals surface area contributed by atoms with Gasteiger partial charge in [0, 0.05) is 19.0 Å². The van der Waals surface area contributed by atoms with E-state index in [-0.39, 0.29) is 24.2 Å². The molecule has 4 heteroatoms. The van der Waals surface area contributed by atoms with E-state index in [2.05, 4.69) is 0 Å². The van der Waals surface area contributed by atoms with Crippen molar-refractivity contribution < 1.29 is 9.18 Å². The van der Waals surface area contributed by atoms with Crippen molar-refractivity contribution in [3.05, 3.63) is 11.9 Å². The van der Waals surface area contributed by atoms with Gasteiger partial charge in [-0.25, -0.2) is 4.39 Å². The van der Waals surface area contributed by atoms with Gasteiger partial charge in [0.2, 0.25) is 5.91 Å². The van der Waals surface area contributed by atoms with Crippen LogP contribution in [0.5, 0.6) is 0 Å². The maximum absolute atomic E-state index is 12.8. The summed E-state index contributed by atoms with van der Waals surface area (Å²) in [6.45, 7) is 2.80. The summed E-state index contributed by atoms with van der Waals surface area (Å²) in [6, 6.07) is 0. The number of amides is 1. The third-order valence-corrected chi connectivity index (χ3v) is 2.19. The lowest BCUT2D eigenvalue weighted by Crippen LogP contribution is -2.40. The fourth-order valence-corrected chi connectivity index (χ4v) is 1.30. The molecule has 0 saturated heterocycles. The Kier molecular flexibility index (Phi) is 3.42. The molecule has 1 atom stereocenters. The second kappa shape index (κ2) is 4.37. The molecule has 0 aliphatic carbocycles. The molecule has 1 heterocycles. The van der Waals surface area contributed by atoms with Gasteiger partial charge in [-0.3, -0.25) is 4.79 Å². The predicted molar refractivity (Wildman–Crippen MR) is 48.6 cm³/mol. The van der Waals surface area contributed by atoms with Gasteiger partial charge in [0.15, 0.2) is 0 Å². The van der Waals surface area contributed by atoms with Crippen LogP contribution in [0.25, 0.3) is 0 Å². The van der Waals surface area contributed by atoms with Crippen molar-refractivity contribution in [3.8, 4) is 0 Å². The first-order chi connectivity index (χ1) is 6.15. The van der Waals surface area contributed by atoms with Crippen LogP contribution in [0, 0.1) is 5.92 Å². The molecule has 1 aliphatic heterocycles. The molecule has 74 valence electrons. The number of carbonyl (C=O) groups excluding carboxylic acids is 1. The zero-order valence-electron chi connectivity index (χ0n) is 7.79. The van der Waals surface area contributed by atoms with Crippen molar-refractivity contribution in [1.29, 1.82) is 0 Å². The van der Waals surface area contributed by atoms with Gasteiger partial charge in [-0.15, -0.1) is 0 Å². The number of carbonyl (C=O) groups is 1. The highest BCUT2D eigenvalue weighted by molar-refractivity contribution is 5.79. The second-order valence-electron chi connectivity index (χ2n) is 3.34. The van der Waals surface area contributed by atoms with Gasteiger partial charge >= 0.3 is 0 Å². The predicted octanol–water partition coefficient (Wildman–Crippen LogP) is 0.667. The lowest BCUT2D eigenvalue weighted by Gasteiger charge is -2.26. The highest BCUT2D eigenvalue weighted by Gasteiger charge is 2.21. The van der Waals surface area contributed by atoms with Crippen LogP contribution in [0.1, 0.15) is 13.3 Å². The highest BCUT2D eigenvalue weighted by Crippen LogP contribution is 2.12. The Balaban J connectivity index is 2.53. The topological polar surface area (TPSA) is 46.3 Å². The van der Waals surface area contributed by atoms with E-state index < -0.39 is 0 Å². The Bertz CT molecular complexity index is 228. The van der Waals surface area contributed by atoms with Crippen LogP contribution in [0.3, 0.4) is 0 Å².